The molecule has 0 radical (unpaired) electrons. The van der Waals surface area contributed by atoms with Gasteiger partial charge in [-0.25, -0.2) is 8.42 Å². The Morgan fingerprint density at radius 1 is 1.08 bits per heavy atom. The second-order valence-electron chi connectivity index (χ2n) is 5.04. The molecule has 0 saturated carbocycles. The fourth-order valence-electron chi connectivity index (χ4n) is 2.07. The molecular weight excluding hydrogens is 364 g/mol. The monoisotopic (exact) mass is 376 g/mol. The Morgan fingerprint density at radius 2 is 1.88 bits per heavy atom. The van der Waals surface area contributed by atoms with Gasteiger partial charge in [-0.2, -0.15) is 5.10 Å². The molecular formula is C16H13ClN4O3S. The number of sulfonamides is 1. The molecule has 128 valence electrons. The SMILES string of the molecule is O=C(Nc1ccn[nH]1)c1cccc(S(=O)(=O)Nc2ccccc2Cl)c1. The first kappa shape index (κ1) is 17.0. The Labute approximate surface area is 149 Å². The summed E-state index contributed by atoms with van der Waals surface area (Å²) in [5.41, 5.74) is 0.452. The van der Waals surface area contributed by atoms with Gasteiger partial charge in [0.05, 0.1) is 21.8 Å². The summed E-state index contributed by atoms with van der Waals surface area (Å²) >= 11 is 5.98. The highest BCUT2D eigenvalue weighted by atomic mass is 35.5. The van der Waals surface area contributed by atoms with Crippen molar-refractivity contribution in [2.75, 3.05) is 10.0 Å². The lowest BCUT2D eigenvalue weighted by molar-refractivity contribution is 0.102. The van der Waals surface area contributed by atoms with E-state index in [-0.39, 0.29) is 21.2 Å². The zero-order valence-corrected chi connectivity index (χ0v) is 14.3. The molecule has 1 heterocycles. The average Bonchev–Trinajstić information content (AvgIpc) is 3.10. The highest BCUT2D eigenvalue weighted by molar-refractivity contribution is 7.92. The maximum Gasteiger partial charge on any atom is 0.261 e. The van der Waals surface area contributed by atoms with Crippen molar-refractivity contribution >= 4 is 39.0 Å². The standard InChI is InChI=1S/C16H13ClN4O3S/c17-13-6-1-2-7-14(13)21-25(23,24)12-5-3-4-11(10-12)16(22)19-15-8-9-18-20-15/h1-10,21H,(H2,18,19,20,22). The first-order chi connectivity index (χ1) is 12.0. The van der Waals surface area contributed by atoms with Crippen LogP contribution in [0.5, 0.6) is 0 Å². The van der Waals surface area contributed by atoms with Gasteiger partial charge in [0, 0.05) is 11.6 Å². The van der Waals surface area contributed by atoms with Crippen LogP contribution in [-0.2, 0) is 10.0 Å². The molecule has 7 nitrogen and oxygen atoms in total. The van der Waals surface area contributed by atoms with Crippen molar-refractivity contribution in [2.45, 2.75) is 4.90 Å². The number of hydrogen-bond acceptors (Lipinski definition) is 4. The van der Waals surface area contributed by atoms with Gasteiger partial charge >= 0.3 is 0 Å². The summed E-state index contributed by atoms with van der Waals surface area (Å²) in [6.07, 6.45) is 1.49. The minimum Gasteiger partial charge on any atom is -0.307 e. The topological polar surface area (TPSA) is 104 Å². The van der Waals surface area contributed by atoms with Crippen LogP contribution in [0.15, 0.2) is 65.7 Å². The predicted octanol–water partition coefficient (Wildman–Crippen LogP) is 3.12. The number of carbonyl (C=O) groups is 1. The molecule has 0 fully saturated rings. The lowest BCUT2D eigenvalue weighted by Gasteiger charge is -2.10. The summed E-state index contributed by atoms with van der Waals surface area (Å²) < 4.78 is 27.5. The third-order valence-corrected chi connectivity index (χ3v) is 4.97. The number of amides is 1. The van der Waals surface area contributed by atoms with Crippen LogP contribution >= 0.6 is 11.6 Å². The second kappa shape index (κ2) is 6.96. The number of halogens is 1. The van der Waals surface area contributed by atoms with E-state index in [2.05, 4.69) is 20.2 Å². The van der Waals surface area contributed by atoms with Gasteiger partial charge < -0.3 is 5.32 Å². The Bertz CT molecular complexity index is 1000. The smallest absolute Gasteiger partial charge is 0.261 e. The summed E-state index contributed by atoms with van der Waals surface area (Å²) in [4.78, 5) is 12.2. The van der Waals surface area contributed by atoms with Gasteiger partial charge in [0.15, 0.2) is 0 Å². The molecule has 3 N–H and O–H groups in total. The van der Waals surface area contributed by atoms with Gasteiger partial charge in [0.2, 0.25) is 0 Å². The molecule has 1 aromatic heterocycles. The van der Waals surface area contributed by atoms with E-state index in [1.165, 1.54) is 30.5 Å². The number of nitrogens with zero attached hydrogens (tertiary/aromatic N) is 1. The summed E-state index contributed by atoms with van der Waals surface area (Å²) in [7, 11) is -3.89. The van der Waals surface area contributed by atoms with Crippen molar-refractivity contribution in [3.8, 4) is 0 Å². The largest absolute Gasteiger partial charge is 0.307 e. The van der Waals surface area contributed by atoms with E-state index in [0.29, 0.717) is 5.82 Å². The van der Waals surface area contributed by atoms with E-state index in [1.807, 2.05) is 0 Å². The van der Waals surface area contributed by atoms with Gasteiger partial charge in [0.1, 0.15) is 5.82 Å². The molecule has 0 bridgehead atoms. The number of aromatic nitrogens is 2. The number of carbonyl (C=O) groups excluding carboxylic acids is 1. The number of hydrogen-bond donors (Lipinski definition) is 3. The molecule has 0 unspecified atom stereocenters. The lowest BCUT2D eigenvalue weighted by atomic mass is 10.2. The quantitative estimate of drug-likeness (QED) is 0.636. The van der Waals surface area contributed by atoms with E-state index >= 15 is 0 Å². The summed E-state index contributed by atoms with van der Waals surface area (Å²) in [6, 6.07) is 13.7. The van der Waals surface area contributed by atoms with Crippen LogP contribution in [0.2, 0.25) is 5.02 Å². The zero-order chi connectivity index (χ0) is 17.9. The third kappa shape index (κ3) is 3.98. The third-order valence-electron chi connectivity index (χ3n) is 3.27. The van der Waals surface area contributed by atoms with Gasteiger partial charge in [-0.3, -0.25) is 14.6 Å². The minimum atomic E-state index is -3.89. The van der Waals surface area contributed by atoms with E-state index < -0.39 is 15.9 Å². The van der Waals surface area contributed by atoms with Crippen LogP contribution in [0.3, 0.4) is 0 Å². The molecule has 1 amide bonds. The Kier molecular flexibility index (Phi) is 4.73. The number of rotatable bonds is 5. The number of para-hydroxylation sites is 1. The number of aromatic amines is 1. The number of H-pyrrole nitrogens is 1. The fourth-order valence-corrected chi connectivity index (χ4v) is 3.44. The molecule has 3 rings (SSSR count). The van der Waals surface area contributed by atoms with Crippen molar-refractivity contribution < 1.29 is 13.2 Å². The molecule has 9 heteroatoms. The minimum absolute atomic E-state index is 0.0512. The van der Waals surface area contributed by atoms with Gasteiger partial charge in [-0.15, -0.1) is 0 Å². The van der Waals surface area contributed by atoms with Crippen LogP contribution in [0.4, 0.5) is 11.5 Å². The molecule has 0 saturated heterocycles. The highest BCUT2D eigenvalue weighted by Gasteiger charge is 2.17. The second-order valence-corrected chi connectivity index (χ2v) is 7.13. The molecule has 2 aromatic carbocycles. The van der Waals surface area contributed by atoms with Crippen LogP contribution < -0.4 is 10.0 Å². The van der Waals surface area contributed by atoms with E-state index in [1.54, 1.807) is 30.3 Å². The Morgan fingerprint density at radius 3 is 2.60 bits per heavy atom. The molecule has 0 aliphatic heterocycles. The highest BCUT2D eigenvalue weighted by Crippen LogP contribution is 2.24. The molecule has 3 aromatic rings. The van der Waals surface area contributed by atoms with Crippen LogP contribution in [0.1, 0.15) is 10.4 Å². The summed E-state index contributed by atoms with van der Waals surface area (Å²) in [5.74, 6) is -0.0495. The van der Waals surface area contributed by atoms with Crippen LogP contribution in [0, 0.1) is 0 Å². The lowest BCUT2D eigenvalue weighted by Crippen LogP contribution is -2.16. The van der Waals surface area contributed by atoms with E-state index in [0.717, 1.165) is 0 Å². The maximum atomic E-state index is 12.5. The molecule has 0 atom stereocenters. The molecule has 0 aliphatic carbocycles. The fraction of sp³-hybridized carbons (Fsp3) is 0. The summed E-state index contributed by atoms with van der Waals surface area (Å²) in [5, 5.41) is 9.18. The molecule has 25 heavy (non-hydrogen) atoms. The Hall–Kier alpha value is -2.84. The first-order valence-corrected chi connectivity index (χ1v) is 9.00. The van der Waals surface area contributed by atoms with Crippen molar-refractivity contribution in [3.63, 3.8) is 0 Å². The van der Waals surface area contributed by atoms with Crippen molar-refractivity contribution in [1.82, 2.24) is 10.2 Å². The van der Waals surface area contributed by atoms with Gasteiger partial charge in [0.25, 0.3) is 15.9 Å². The maximum absolute atomic E-state index is 12.5. The summed E-state index contributed by atoms with van der Waals surface area (Å²) in [6.45, 7) is 0. The first-order valence-electron chi connectivity index (χ1n) is 7.14. The van der Waals surface area contributed by atoms with Gasteiger partial charge in [-0.05, 0) is 30.3 Å². The normalized spacial score (nSPS) is 11.1. The molecule has 0 aliphatic rings. The Balaban J connectivity index is 1.85. The molecule has 0 spiro atoms. The van der Waals surface area contributed by atoms with Crippen molar-refractivity contribution in [2.24, 2.45) is 0 Å². The predicted molar refractivity (Wildman–Crippen MR) is 95.2 cm³/mol. The van der Waals surface area contributed by atoms with Crippen molar-refractivity contribution in [1.29, 1.82) is 0 Å². The number of anilines is 2. The van der Waals surface area contributed by atoms with E-state index in [9.17, 15) is 13.2 Å². The van der Waals surface area contributed by atoms with Crippen LogP contribution in [-0.4, -0.2) is 24.5 Å². The van der Waals surface area contributed by atoms with Gasteiger partial charge in [-0.1, -0.05) is 29.8 Å². The average molecular weight is 377 g/mol. The van der Waals surface area contributed by atoms with Crippen LogP contribution in [0.25, 0.3) is 0 Å². The number of nitrogens with one attached hydrogen (secondary N) is 3. The number of benzene rings is 2. The van der Waals surface area contributed by atoms with E-state index in [4.69, 9.17) is 11.6 Å². The zero-order valence-electron chi connectivity index (χ0n) is 12.7. The van der Waals surface area contributed by atoms with Crippen molar-refractivity contribution in [3.05, 3.63) is 71.4 Å².